The van der Waals surface area contributed by atoms with Gasteiger partial charge in [0.05, 0.1) is 18.7 Å². The smallest absolute Gasteiger partial charge is 0.171 e. The van der Waals surface area contributed by atoms with Crippen LogP contribution in [-0.4, -0.2) is 47.0 Å². The number of ether oxygens (including phenoxy) is 2. The molecule has 0 atom stereocenters. The standard InChI is InChI=1S/C20H22N4O2/c1-14-21-17-13-16(15-5-3-2-4-6-15)23-18(17)19(22-14)24-9-7-20(8-10-24)25-11-12-26-20/h2-6,13,23H,7-12H2,1H3. The first kappa shape index (κ1) is 15.8. The molecule has 3 aromatic rings. The molecule has 26 heavy (non-hydrogen) atoms. The molecule has 2 aliphatic rings. The lowest BCUT2D eigenvalue weighted by Crippen LogP contribution is -2.45. The van der Waals surface area contributed by atoms with Crippen molar-refractivity contribution < 1.29 is 9.47 Å². The van der Waals surface area contributed by atoms with Crippen molar-refractivity contribution in [2.24, 2.45) is 0 Å². The quantitative estimate of drug-likeness (QED) is 0.768. The molecule has 5 rings (SSSR count). The maximum atomic E-state index is 5.85. The van der Waals surface area contributed by atoms with Crippen molar-refractivity contribution in [2.75, 3.05) is 31.2 Å². The molecule has 4 heterocycles. The second-order valence-corrected chi connectivity index (χ2v) is 7.00. The van der Waals surface area contributed by atoms with E-state index >= 15 is 0 Å². The third-order valence-corrected chi connectivity index (χ3v) is 5.29. The van der Waals surface area contributed by atoms with E-state index in [4.69, 9.17) is 14.5 Å². The minimum atomic E-state index is -0.372. The van der Waals surface area contributed by atoms with Crippen LogP contribution < -0.4 is 4.90 Å². The van der Waals surface area contributed by atoms with Gasteiger partial charge in [0.1, 0.15) is 11.3 Å². The van der Waals surface area contributed by atoms with Gasteiger partial charge in [0.15, 0.2) is 11.6 Å². The van der Waals surface area contributed by atoms with Crippen molar-refractivity contribution in [3.63, 3.8) is 0 Å². The summed E-state index contributed by atoms with van der Waals surface area (Å²) in [5.74, 6) is 1.39. The van der Waals surface area contributed by atoms with Gasteiger partial charge in [0, 0.05) is 31.6 Å². The Balaban J connectivity index is 1.50. The van der Waals surface area contributed by atoms with E-state index in [1.807, 2.05) is 25.1 Å². The number of nitrogens with zero attached hydrogens (tertiary/aromatic N) is 3. The molecule has 0 amide bonds. The Morgan fingerprint density at radius 2 is 1.77 bits per heavy atom. The van der Waals surface area contributed by atoms with Gasteiger partial charge in [-0.25, -0.2) is 9.97 Å². The molecule has 1 spiro atoms. The van der Waals surface area contributed by atoms with Crippen LogP contribution in [0.15, 0.2) is 36.4 Å². The highest BCUT2D eigenvalue weighted by Crippen LogP contribution is 2.35. The molecule has 0 bridgehead atoms. The number of aromatic amines is 1. The van der Waals surface area contributed by atoms with E-state index in [9.17, 15) is 0 Å². The van der Waals surface area contributed by atoms with Crippen molar-refractivity contribution in [1.29, 1.82) is 0 Å². The highest BCUT2D eigenvalue weighted by Gasteiger charge is 2.40. The average Bonchev–Trinajstić information content (AvgIpc) is 3.30. The van der Waals surface area contributed by atoms with Crippen LogP contribution in [0.4, 0.5) is 5.82 Å². The van der Waals surface area contributed by atoms with Gasteiger partial charge in [-0.3, -0.25) is 0 Å². The molecular weight excluding hydrogens is 328 g/mol. The predicted octanol–water partition coefficient (Wildman–Crippen LogP) is 3.28. The third kappa shape index (κ3) is 2.66. The molecular formula is C20H22N4O2. The number of aromatic nitrogens is 3. The fraction of sp³-hybridized carbons (Fsp3) is 0.400. The fourth-order valence-corrected chi connectivity index (χ4v) is 3.96. The van der Waals surface area contributed by atoms with Crippen molar-refractivity contribution in [3.05, 3.63) is 42.2 Å². The molecule has 0 saturated carbocycles. The number of hydrogen-bond acceptors (Lipinski definition) is 5. The topological polar surface area (TPSA) is 63.3 Å². The van der Waals surface area contributed by atoms with Crippen LogP contribution in [0.1, 0.15) is 18.7 Å². The Labute approximate surface area is 152 Å². The maximum Gasteiger partial charge on any atom is 0.171 e. The molecule has 6 nitrogen and oxygen atoms in total. The monoisotopic (exact) mass is 350 g/mol. The summed E-state index contributed by atoms with van der Waals surface area (Å²) in [6, 6.07) is 12.4. The number of aryl methyl sites for hydroxylation is 1. The molecule has 0 radical (unpaired) electrons. The van der Waals surface area contributed by atoms with Crippen LogP contribution in [-0.2, 0) is 9.47 Å². The van der Waals surface area contributed by atoms with E-state index in [1.165, 1.54) is 0 Å². The van der Waals surface area contributed by atoms with Gasteiger partial charge in [0.25, 0.3) is 0 Å². The van der Waals surface area contributed by atoms with E-state index in [2.05, 4.69) is 33.1 Å². The molecule has 6 heteroatoms. The van der Waals surface area contributed by atoms with Crippen LogP contribution in [0.25, 0.3) is 22.3 Å². The first-order valence-electron chi connectivity index (χ1n) is 9.18. The zero-order valence-corrected chi connectivity index (χ0v) is 14.9. The van der Waals surface area contributed by atoms with Crippen molar-refractivity contribution in [1.82, 2.24) is 15.0 Å². The van der Waals surface area contributed by atoms with E-state index in [0.717, 1.165) is 59.9 Å². The van der Waals surface area contributed by atoms with Gasteiger partial charge in [-0.05, 0) is 18.6 Å². The number of hydrogen-bond donors (Lipinski definition) is 1. The van der Waals surface area contributed by atoms with Crippen LogP contribution in [0, 0.1) is 6.92 Å². The summed E-state index contributed by atoms with van der Waals surface area (Å²) >= 11 is 0. The SMILES string of the molecule is Cc1nc(N2CCC3(CC2)OCCO3)c2[nH]c(-c3ccccc3)cc2n1. The molecule has 1 N–H and O–H groups in total. The molecule has 2 saturated heterocycles. The van der Waals surface area contributed by atoms with E-state index in [-0.39, 0.29) is 5.79 Å². The zero-order valence-electron chi connectivity index (χ0n) is 14.9. The summed E-state index contributed by atoms with van der Waals surface area (Å²) in [7, 11) is 0. The fourth-order valence-electron chi connectivity index (χ4n) is 3.96. The Morgan fingerprint density at radius 1 is 1.04 bits per heavy atom. The first-order chi connectivity index (χ1) is 12.7. The van der Waals surface area contributed by atoms with Crippen molar-refractivity contribution in [3.8, 4) is 11.3 Å². The Morgan fingerprint density at radius 3 is 2.50 bits per heavy atom. The number of benzene rings is 1. The molecule has 134 valence electrons. The average molecular weight is 350 g/mol. The van der Waals surface area contributed by atoms with Crippen LogP contribution in [0.3, 0.4) is 0 Å². The number of anilines is 1. The van der Waals surface area contributed by atoms with Gasteiger partial charge >= 0.3 is 0 Å². The normalized spacial score (nSPS) is 19.5. The second-order valence-electron chi connectivity index (χ2n) is 7.00. The van der Waals surface area contributed by atoms with Crippen molar-refractivity contribution in [2.45, 2.75) is 25.6 Å². The Hall–Kier alpha value is -2.44. The molecule has 2 aliphatic heterocycles. The summed E-state index contributed by atoms with van der Waals surface area (Å²) in [5.41, 5.74) is 4.18. The largest absolute Gasteiger partial charge is 0.354 e. The maximum absolute atomic E-state index is 5.85. The number of rotatable bonds is 2. The summed E-state index contributed by atoms with van der Waals surface area (Å²) in [6.07, 6.45) is 1.73. The van der Waals surface area contributed by atoms with Gasteiger partial charge in [-0.15, -0.1) is 0 Å². The number of fused-ring (bicyclic) bond motifs is 1. The van der Waals surface area contributed by atoms with Crippen LogP contribution >= 0.6 is 0 Å². The Kier molecular flexibility index (Phi) is 3.69. The highest BCUT2D eigenvalue weighted by atomic mass is 16.7. The van der Waals surface area contributed by atoms with Crippen LogP contribution in [0.2, 0.25) is 0 Å². The van der Waals surface area contributed by atoms with Gasteiger partial charge < -0.3 is 19.4 Å². The molecule has 2 aromatic heterocycles. The lowest BCUT2D eigenvalue weighted by molar-refractivity contribution is -0.169. The predicted molar refractivity (Wildman–Crippen MR) is 100 cm³/mol. The Bertz CT molecular complexity index is 922. The van der Waals surface area contributed by atoms with E-state index < -0.39 is 0 Å². The molecule has 0 aliphatic carbocycles. The number of nitrogens with one attached hydrogen (secondary N) is 1. The summed E-state index contributed by atoms with van der Waals surface area (Å²) < 4.78 is 11.7. The van der Waals surface area contributed by atoms with Gasteiger partial charge in [0.2, 0.25) is 0 Å². The second kappa shape index (κ2) is 6.07. The molecule has 1 aromatic carbocycles. The van der Waals surface area contributed by atoms with E-state index in [1.54, 1.807) is 0 Å². The number of H-pyrrole nitrogens is 1. The van der Waals surface area contributed by atoms with E-state index in [0.29, 0.717) is 13.2 Å². The first-order valence-corrected chi connectivity index (χ1v) is 9.18. The minimum absolute atomic E-state index is 0.372. The lowest BCUT2D eigenvalue weighted by atomic mass is 10.0. The molecule has 0 unspecified atom stereocenters. The minimum Gasteiger partial charge on any atom is -0.354 e. The third-order valence-electron chi connectivity index (χ3n) is 5.29. The highest BCUT2D eigenvalue weighted by molar-refractivity contribution is 5.90. The van der Waals surface area contributed by atoms with Gasteiger partial charge in [-0.1, -0.05) is 30.3 Å². The molecule has 2 fully saturated rings. The van der Waals surface area contributed by atoms with Gasteiger partial charge in [-0.2, -0.15) is 0 Å². The summed E-state index contributed by atoms with van der Waals surface area (Å²) in [6.45, 7) is 5.09. The summed E-state index contributed by atoms with van der Waals surface area (Å²) in [5, 5.41) is 0. The number of piperidine rings is 1. The summed E-state index contributed by atoms with van der Waals surface area (Å²) in [4.78, 5) is 15.2. The van der Waals surface area contributed by atoms with Crippen LogP contribution in [0.5, 0.6) is 0 Å². The van der Waals surface area contributed by atoms with Crippen molar-refractivity contribution >= 4 is 16.9 Å². The zero-order chi connectivity index (χ0) is 17.6. The lowest BCUT2D eigenvalue weighted by Gasteiger charge is -2.38.